The molecule has 2 aromatic rings. The Morgan fingerprint density at radius 2 is 2.19 bits per heavy atom. The van der Waals surface area contributed by atoms with Crippen molar-refractivity contribution in [3.05, 3.63) is 35.5 Å². The SMILES string of the molecule is CC(C)(N)CNC(=O)COc1ccc(Cl)c2cccnc12. The lowest BCUT2D eigenvalue weighted by molar-refractivity contribution is -0.123. The van der Waals surface area contributed by atoms with Gasteiger partial charge in [0.2, 0.25) is 0 Å². The van der Waals surface area contributed by atoms with Gasteiger partial charge in [0, 0.05) is 23.7 Å². The molecule has 2 rings (SSSR count). The normalized spacial score (nSPS) is 11.4. The molecule has 0 saturated carbocycles. The number of nitrogens with two attached hydrogens (primary N) is 1. The van der Waals surface area contributed by atoms with Crippen LogP contribution in [0.3, 0.4) is 0 Å². The zero-order chi connectivity index (χ0) is 15.5. The van der Waals surface area contributed by atoms with E-state index >= 15 is 0 Å². The monoisotopic (exact) mass is 307 g/mol. The quantitative estimate of drug-likeness (QED) is 0.887. The highest BCUT2D eigenvalue weighted by Crippen LogP contribution is 2.29. The van der Waals surface area contributed by atoms with Gasteiger partial charge in [0.25, 0.3) is 5.91 Å². The van der Waals surface area contributed by atoms with Gasteiger partial charge in [0.1, 0.15) is 11.3 Å². The molecule has 0 bridgehead atoms. The Balaban J connectivity index is 2.04. The van der Waals surface area contributed by atoms with Crippen molar-refractivity contribution in [3.63, 3.8) is 0 Å². The summed E-state index contributed by atoms with van der Waals surface area (Å²) in [6.07, 6.45) is 1.66. The number of ether oxygens (including phenoxy) is 1. The minimum atomic E-state index is -0.454. The molecule has 1 heterocycles. The molecule has 1 amide bonds. The van der Waals surface area contributed by atoms with Crippen molar-refractivity contribution < 1.29 is 9.53 Å². The van der Waals surface area contributed by atoms with E-state index in [1.54, 1.807) is 24.4 Å². The Hall–Kier alpha value is -1.85. The van der Waals surface area contributed by atoms with Crippen molar-refractivity contribution >= 4 is 28.4 Å². The van der Waals surface area contributed by atoms with Crippen molar-refractivity contribution in [1.29, 1.82) is 0 Å². The summed E-state index contributed by atoms with van der Waals surface area (Å²) >= 11 is 6.10. The van der Waals surface area contributed by atoms with E-state index in [4.69, 9.17) is 22.1 Å². The van der Waals surface area contributed by atoms with Gasteiger partial charge in [0.05, 0.1) is 5.02 Å². The number of carbonyl (C=O) groups excluding carboxylic acids is 1. The van der Waals surface area contributed by atoms with Crippen molar-refractivity contribution in [1.82, 2.24) is 10.3 Å². The second-order valence-corrected chi connectivity index (χ2v) is 5.91. The molecule has 0 fully saturated rings. The van der Waals surface area contributed by atoms with Gasteiger partial charge < -0.3 is 15.8 Å². The first-order valence-corrected chi connectivity index (χ1v) is 6.96. The van der Waals surface area contributed by atoms with Gasteiger partial charge in [-0.3, -0.25) is 9.78 Å². The summed E-state index contributed by atoms with van der Waals surface area (Å²) in [5, 5.41) is 4.11. The molecule has 0 saturated heterocycles. The number of fused-ring (bicyclic) bond motifs is 1. The number of pyridine rings is 1. The van der Waals surface area contributed by atoms with Gasteiger partial charge in [-0.15, -0.1) is 0 Å². The minimum absolute atomic E-state index is 0.0939. The predicted octanol–water partition coefficient (Wildman–Crippen LogP) is 2.12. The Labute approximate surface area is 128 Å². The Morgan fingerprint density at radius 3 is 2.90 bits per heavy atom. The molecular weight excluding hydrogens is 290 g/mol. The maximum absolute atomic E-state index is 11.7. The molecule has 0 spiro atoms. The van der Waals surface area contributed by atoms with E-state index in [1.807, 2.05) is 19.9 Å². The number of hydrogen-bond acceptors (Lipinski definition) is 4. The fraction of sp³-hybridized carbons (Fsp3) is 0.333. The van der Waals surface area contributed by atoms with Crippen molar-refractivity contribution in [2.75, 3.05) is 13.2 Å². The highest BCUT2D eigenvalue weighted by atomic mass is 35.5. The van der Waals surface area contributed by atoms with E-state index < -0.39 is 5.54 Å². The molecule has 112 valence electrons. The number of carbonyl (C=O) groups is 1. The second kappa shape index (κ2) is 6.28. The molecule has 1 aromatic carbocycles. The van der Waals surface area contributed by atoms with Crippen LogP contribution in [0, 0.1) is 0 Å². The molecule has 3 N–H and O–H groups in total. The van der Waals surface area contributed by atoms with Gasteiger partial charge in [0.15, 0.2) is 6.61 Å². The molecule has 0 aliphatic rings. The zero-order valence-electron chi connectivity index (χ0n) is 12.0. The number of halogens is 1. The van der Waals surface area contributed by atoms with Crippen LogP contribution >= 0.6 is 11.6 Å². The summed E-state index contributed by atoms with van der Waals surface area (Å²) in [5.74, 6) is 0.296. The van der Waals surface area contributed by atoms with E-state index in [-0.39, 0.29) is 12.5 Å². The van der Waals surface area contributed by atoms with E-state index in [9.17, 15) is 4.79 Å². The average molecular weight is 308 g/mol. The molecule has 0 aliphatic heterocycles. The van der Waals surface area contributed by atoms with Crippen LogP contribution in [0.5, 0.6) is 5.75 Å². The standard InChI is InChI=1S/C15H18ClN3O2/c1-15(2,17)9-19-13(20)8-21-12-6-5-11(16)10-4-3-7-18-14(10)12/h3-7H,8-9,17H2,1-2H3,(H,19,20). The topological polar surface area (TPSA) is 77.2 Å². The lowest BCUT2D eigenvalue weighted by Gasteiger charge is -2.19. The van der Waals surface area contributed by atoms with E-state index in [2.05, 4.69) is 10.3 Å². The molecule has 21 heavy (non-hydrogen) atoms. The number of rotatable bonds is 5. The van der Waals surface area contributed by atoms with Crippen molar-refractivity contribution in [2.45, 2.75) is 19.4 Å². The summed E-state index contributed by atoms with van der Waals surface area (Å²) < 4.78 is 5.53. The van der Waals surface area contributed by atoms with Gasteiger partial charge in [-0.1, -0.05) is 11.6 Å². The number of nitrogens with one attached hydrogen (secondary N) is 1. The Kier molecular flexibility index (Phi) is 4.65. The minimum Gasteiger partial charge on any atom is -0.481 e. The molecule has 0 atom stereocenters. The number of amides is 1. The Bertz CT molecular complexity index is 653. The van der Waals surface area contributed by atoms with Gasteiger partial charge in [-0.05, 0) is 38.1 Å². The van der Waals surface area contributed by atoms with Gasteiger partial charge in [-0.25, -0.2) is 0 Å². The largest absolute Gasteiger partial charge is 0.481 e. The first-order chi connectivity index (χ1) is 9.87. The first kappa shape index (κ1) is 15.5. The number of aromatic nitrogens is 1. The summed E-state index contributed by atoms with van der Waals surface area (Å²) in [6, 6.07) is 7.09. The van der Waals surface area contributed by atoms with Crippen LogP contribution in [0.1, 0.15) is 13.8 Å². The highest BCUT2D eigenvalue weighted by Gasteiger charge is 2.13. The molecule has 0 aliphatic carbocycles. The van der Waals surface area contributed by atoms with Crippen LogP contribution in [0.25, 0.3) is 10.9 Å². The third-order valence-corrected chi connectivity index (χ3v) is 3.11. The zero-order valence-corrected chi connectivity index (χ0v) is 12.8. The molecule has 0 unspecified atom stereocenters. The van der Waals surface area contributed by atoms with Crippen LogP contribution in [0.2, 0.25) is 5.02 Å². The van der Waals surface area contributed by atoms with Crippen LogP contribution in [0.4, 0.5) is 0 Å². The Morgan fingerprint density at radius 1 is 1.43 bits per heavy atom. The van der Waals surface area contributed by atoms with E-state index in [1.165, 1.54) is 0 Å². The third kappa shape index (κ3) is 4.31. The summed E-state index contributed by atoms with van der Waals surface area (Å²) in [6.45, 7) is 3.97. The summed E-state index contributed by atoms with van der Waals surface area (Å²) in [4.78, 5) is 16.0. The van der Waals surface area contributed by atoms with Crippen LogP contribution in [0.15, 0.2) is 30.5 Å². The lowest BCUT2D eigenvalue weighted by atomic mass is 10.1. The second-order valence-electron chi connectivity index (χ2n) is 5.50. The first-order valence-electron chi connectivity index (χ1n) is 6.58. The molecule has 5 nitrogen and oxygen atoms in total. The smallest absolute Gasteiger partial charge is 0.258 e. The van der Waals surface area contributed by atoms with Crippen LogP contribution in [-0.4, -0.2) is 29.6 Å². The van der Waals surface area contributed by atoms with E-state index in [0.29, 0.717) is 22.8 Å². The molecule has 0 radical (unpaired) electrons. The fourth-order valence-corrected chi connectivity index (χ4v) is 1.96. The van der Waals surface area contributed by atoms with Crippen LogP contribution in [-0.2, 0) is 4.79 Å². The summed E-state index contributed by atoms with van der Waals surface area (Å²) in [5.41, 5.74) is 5.98. The average Bonchev–Trinajstić information content (AvgIpc) is 2.44. The van der Waals surface area contributed by atoms with Crippen molar-refractivity contribution in [3.8, 4) is 5.75 Å². The number of hydrogen-bond donors (Lipinski definition) is 2. The maximum atomic E-state index is 11.7. The third-order valence-electron chi connectivity index (χ3n) is 2.78. The molecule has 6 heteroatoms. The predicted molar refractivity (Wildman–Crippen MR) is 83.5 cm³/mol. The maximum Gasteiger partial charge on any atom is 0.258 e. The highest BCUT2D eigenvalue weighted by molar-refractivity contribution is 6.35. The number of benzene rings is 1. The summed E-state index contributed by atoms with van der Waals surface area (Å²) in [7, 11) is 0. The van der Waals surface area contributed by atoms with Crippen molar-refractivity contribution in [2.24, 2.45) is 5.73 Å². The van der Waals surface area contributed by atoms with E-state index in [0.717, 1.165) is 5.39 Å². The molecule has 1 aromatic heterocycles. The van der Waals surface area contributed by atoms with Gasteiger partial charge in [-0.2, -0.15) is 0 Å². The van der Waals surface area contributed by atoms with Crippen LogP contribution < -0.4 is 15.8 Å². The fourth-order valence-electron chi connectivity index (χ4n) is 1.75. The number of nitrogens with zero attached hydrogens (tertiary/aromatic N) is 1. The lowest BCUT2D eigenvalue weighted by Crippen LogP contribution is -2.46. The molecular formula is C15H18ClN3O2. The van der Waals surface area contributed by atoms with Gasteiger partial charge >= 0.3 is 0 Å².